The molecule has 72 valence electrons. The molecule has 0 radical (unpaired) electrons. The molecule has 1 atom stereocenters. The summed E-state index contributed by atoms with van der Waals surface area (Å²) in [6, 6.07) is 9.07. The maximum absolute atomic E-state index is 11.3. The number of carbonyl (C=O) groups excluding carboxylic acids is 1. The lowest BCUT2D eigenvalue weighted by molar-refractivity contribution is 0.0599. The molecule has 0 saturated heterocycles. The van der Waals surface area contributed by atoms with Gasteiger partial charge in [-0.1, -0.05) is 18.2 Å². The highest BCUT2D eigenvalue weighted by Crippen LogP contribution is 2.19. The second kappa shape index (κ2) is 4.43. The second-order valence-electron chi connectivity index (χ2n) is 2.93. The van der Waals surface area contributed by atoms with E-state index < -0.39 is 5.97 Å². The van der Waals surface area contributed by atoms with E-state index in [-0.39, 0.29) is 5.92 Å². The summed E-state index contributed by atoms with van der Waals surface area (Å²) in [6.07, 6.45) is 0. The van der Waals surface area contributed by atoms with Crippen molar-refractivity contribution in [3.05, 3.63) is 35.4 Å². The summed E-state index contributed by atoms with van der Waals surface area (Å²) in [4.78, 5) is 11.3. The Morgan fingerprint density at radius 1 is 1.50 bits per heavy atom. The summed E-state index contributed by atoms with van der Waals surface area (Å²) < 4.78 is 4.62. The summed E-state index contributed by atoms with van der Waals surface area (Å²) in [5, 5.41) is 8.77. The van der Waals surface area contributed by atoms with Crippen LogP contribution in [0.2, 0.25) is 0 Å². The number of esters is 1. The number of nitriles is 1. The smallest absolute Gasteiger partial charge is 0.338 e. The number of hydrogen-bond acceptors (Lipinski definition) is 3. The van der Waals surface area contributed by atoms with Crippen molar-refractivity contribution in [2.75, 3.05) is 7.11 Å². The van der Waals surface area contributed by atoms with Crippen LogP contribution < -0.4 is 0 Å². The van der Waals surface area contributed by atoms with Crippen molar-refractivity contribution in [3.8, 4) is 6.07 Å². The fourth-order valence-electron chi connectivity index (χ4n) is 1.24. The van der Waals surface area contributed by atoms with Crippen LogP contribution >= 0.6 is 0 Å². The number of hydrogen-bond donors (Lipinski definition) is 0. The maximum atomic E-state index is 11.3. The quantitative estimate of drug-likeness (QED) is 0.669. The van der Waals surface area contributed by atoms with Gasteiger partial charge in [0, 0.05) is 0 Å². The predicted molar refractivity (Wildman–Crippen MR) is 51.8 cm³/mol. The van der Waals surface area contributed by atoms with Crippen molar-refractivity contribution in [1.82, 2.24) is 0 Å². The van der Waals surface area contributed by atoms with Gasteiger partial charge < -0.3 is 4.74 Å². The zero-order chi connectivity index (χ0) is 10.6. The molecule has 0 aliphatic heterocycles. The van der Waals surface area contributed by atoms with E-state index in [2.05, 4.69) is 10.8 Å². The molecule has 0 aromatic heterocycles. The normalized spacial score (nSPS) is 11.5. The van der Waals surface area contributed by atoms with Crippen LogP contribution in [0, 0.1) is 11.3 Å². The number of rotatable bonds is 2. The van der Waals surface area contributed by atoms with E-state index in [9.17, 15) is 4.79 Å². The van der Waals surface area contributed by atoms with E-state index in [4.69, 9.17) is 5.26 Å². The van der Waals surface area contributed by atoms with Crippen molar-refractivity contribution >= 4 is 5.97 Å². The van der Waals surface area contributed by atoms with Gasteiger partial charge in [-0.05, 0) is 18.6 Å². The highest BCUT2D eigenvalue weighted by atomic mass is 16.5. The molecule has 3 heteroatoms. The minimum atomic E-state index is -0.400. The van der Waals surface area contributed by atoms with Crippen LogP contribution in [0.3, 0.4) is 0 Å². The van der Waals surface area contributed by atoms with Gasteiger partial charge in [-0.25, -0.2) is 4.79 Å². The van der Waals surface area contributed by atoms with Crippen LogP contribution in [-0.2, 0) is 4.74 Å². The molecule has 14 heavy (non-hydrogen) atoms. The molecule has 0 saturated carbocycles. The van der Waals surface area contributed by atoms with Crippen molar-refractivity contribution < 1.29 is 9.53 Å². The van der Waals surface area contributed by atoms with E-state index in [0.717, 1.165) is 0 Å². The molecule has 0 N–H and O–H groups in total. The topological polar surface area (TPSA) is 50.1 Å². The van der Waals surface area contributed by atoms with Gasteiger partial charge in [-0.3, -0.25) is 0 Å². The molecule has 0 spiro atoms. The summed E-state index contributed by atoms with van der Waals surface area (Å²) >= 11 is 0. The molecule has 0 bridgehead atoms. The van der Waals surface area contributed by atoms with Crippen LogP contribution in [0.5, 0.6) is 0 Å². The zero-order valence-corrected chi connectivity index (χ0v) is 8.15. The van der Waals surface area contributed by atoms with E-state index in [1.165, 1.54) is 7.11 Å². The number of carbonyl (C=O) groups is 1. The number of benzene rings is 1. The molecule has 0 unspecified atom stereocenters. The van der Waals surface area contributed by atoms with Crippen LogP contribution in [-0.4, -0.2) is 13.1 Å². The second-order valence-corrected chi connectivity index (χ2v) is 2.93. The van der Waals surface area contributed by atoms with Crippen molar-refractivity contribution in [2.24, 2.45) is 0 Å². The highest BCUT2D eigenvalue weighted by Gasteiger charge is 2.14. The summed E-state index contributed by atoms with van der Waals surface area (Å²) in [5.74, 6) is -0.701. The SMILES string of the molecule is COC(=O)c1ccccc1[C@@H](C)C#N. The number of nitrogens with zero attached hydrogens (tertiary/aromatic N) is 1. The third-order valence-corrected chi connectivity index (χ3v) is 2.03. The number of ether oxygens (including phenoxy) is 1. The summed E-state index contributed by atoms with van der Waals surface area (Å²) in [7, 11) is 1.33. The Morgan fingerprint density at radius 3 is 2.71 bits per heavy atom. The van der Waals surface area contributed by atoms with E-state index in [1.54, 1.807) is 31.2 Å². The molecule has 0 amide bonds. The lowest BCUT2D eigenvalue weighted by Crippen LogP contribution is -2.06. The first-order valence-corrected chi connectivity index (χ1v) is 4.27. The van der Waals surface area contributed by atoms with E-state index in [1.807, 2.05) is 0 Å². The molecular weight excluding hydrogens is 178 g/mol. The average molecular weight is 189 g/mol. The Morgan fingerprint density at radius 2 is 2.14 bits per heavy atom. The minimum Gasteiger partial charge on any atom is -0.465 e. The fourth-order valence-corrected chi connectivity index (χ4v) is 1.24. The molecule has 1 rings (SSSR count). The van der Waals surface area contributed by atoms with Gasteiger partial charge in [0.2, 0.25) is 0 Å². The Labute approximate surface area is 82.9 Å². The molecule has 1 aromatic rings. The van der Waals surface area contributed by atoms with Gasteiger partial charge in [-0.15, -0.1) is 0 Å². The minimum absolute atomic E-state index is 0.301. The van der Waals surface area contributed by atoms with Crippen molar-refractivity contribution in [3.63, 3.8) is 0 Å². The van der Waals surface area contributed by atoms with Gasteiger partial charge in [0.05, 0.1) is 24.7 Å². The third-order valence-electron chi connectivity index (χ3n) is 2.03. The fraction of sp³-hybridized carbons (Fsp3) is 0.273. The molecule has 3 nitrogen and oxygen atoms in total. The van der Waals surface area contributed by atoms with Gasteiger partial charge >= 0.3 is 5.97 Å². The van der Waals surface area contributed by atoms with Crippen LogP contribution in [0.1, 0.15) is 28.8 Å². The first-order valence-electron chi connectivity index (χ1n) is 4.27. The zero-order valence-electron chi connectivity index (χ0n) is 8.15. The standard InChI is InChI=1S/C11H11NO2/c1-8(7-12)9-5-3-4-6-10(9)11(13)14-2/h3-6,8H,1-2H3/t8-/m0/s1. The van der Waals surface area contributed by atoms with Crippen LogP contribution in [0.4, 0.5) is 0 Å². The lowest BCUT2D eigenvalue weighted by Gasteiger charge is -2.08. The predicted octanol–water partition coefficient (Wildman–Crippen LogP) is 2.10. The molecule has 0 aliphatic carbocycles. The Balaban J connectivity index is 3.17. The monoisotopic (exact) mass is 189 g/mol. The molecule has 1 aromatic carbocycles. The number of methoxy groups -OCH3 is 1. The van der Waals surface area contributed by atoms with Crippen LogP contribution in [0.25, 0.3) is 0 Å². The van der Waals surface area contributed by atoms with Gasteiger partial charge in [0.15, 0.2) is 0 Å². The van der Waals surface area contributed by atoms with E-state index >= 15 is 0 Å². The van der Waals surface area contributed by atoms with Crippen LogP contribution in [0.15, 0.2) is 24.3 Å². The first kappa shape index (κ1) is 10.3. The van der Waals surface area contributed by atoms with Gasteiger partial charge in [-0.2, -0.15) is 5.26 Å². The Bertz CT molecular complexity index is 379. The third kappa shape index (κ3) is 1.91. The molecule has 0 heterocycles. The first-order chi connectivity index (χ1) is 6.70. The van der Waals surface area contributed by atoms with Crippen molar-refractivity contribution in [1.29, 1.82) is 5.26 Å². The van der Waals surface area contributed by atoms with E-state index in [0.29, 0.717) is 11.1 Å². The Kier molecular flexibility index (Phi) is 3.24. The largest absolute Gasteiger partial charge is 0.465 e. The lowest BCUT2D eigenvalue weighted by atomic mass is 9.97. The Hall–Kier alpha value is -1.82. The highest BCUT2D eigenvalue weighted by molar-refractivity contribution is 5.91. The molecular formula is C11H11NO2. The summed E-state index contributed by atoms with van der Waals surface area (Å²) in [6.45, 7) is 1.75. The van der Waals surface area contributed by atoms with Crippen molar-refractivity contribution in [2.45, 2.75) is 12.8 Å². The molecule has 0 fully saturated rings. The summed E-state index contributed by atoms with van der Waals surface area (Å²) in [5.41, 5.74) is 1.17. The molecule has 0 aliphatic rings. The maximum Gasteiger partial charge on any atom is 0.338 e. The van der Waals surface area contributed by atoms with Gasteiger partial charge in [0.1, 0.15) is 0 Å². The average Bonchev–Trinajstić information content (AvgIpc) is 2.27. The van der Waals surface area contributed by atoms with Gasteiger partial charge in [0.25, 0.3) is 0 Å².